The van der Waals surface area contributed by atoms with E-state index in [1.807, 2.05) is 29.6 Å². The number of nitrogens with zero attached hydrogens (tertiary/aromatic N) is 1. The molecule has 1 unspecified atom stereocenters. The zero-order valence-corrected chi connectivity index (χ0v) is 21.4. The summed E-state index contributed by atoms with van der Waals surface area (Å²) < 4.78 is 39.0. The fourth-order valence-corrected chi connectivity index (χ4v) is 5.60. The Morgan fingerprint density at radius 2 is 1.89 bits per heavy atom. The summed E-state index contributed by atoms with van der Waals surface area (Å²) in [5, 5.41) is 4.54. The highest BCUT2D eigenvalue weighted by Crippen LogP contribution is 2.34. The Labute approximate surface area is 214 Å². The molecule has 188 valence electrons. The van der Waals surface area contributed by atoms with Gasteiger partial charge in [-0.1, -0.05) is 62.9 Å². The first-order chi connectivity index (χ1) is 17.1. The Morgan fingerprint density at radius 1 is 1.17 bits per heavy atom. The number of benzene rings is 2. The minimum atomic E-state index is -4.51. The number of halogens is 3. The maximum atomic E-state index is 13.0. The average Bonchev–Trinajstić information content (AvgIpc) is 3.27. The SMILES string of the molecule is CCC(Sc1nc2scc(-c3ccc(C(C)C)cc3)c2c(=O)[nH]1)C(=O)Nc1cccc(C(F)(F)F)c1. The van der Waals surface area contributed by atoms with Crippen LogP contribution in [0.25, 0.3) is 21.3 Å². The molecule has 0 fully saturated rings. The van der Waals surface area contributed by atoms with Gasteiger partial charge in [0.1, 0.15) is 4.83 Å². The van der Waals surface area contributed by atoms with Gasteiger partial charge in [-0.25, -0.2) is 4.98 Å². The lowest BCUT2D eigenvalue weighted by molar-refractivity contribution is -0.137. The monoisotopic (exact) mass is 531 g/mol. The second-order valence-corrected chi connectivity index (χ2v) is 10.6. The highest BCUT2D eigenvalue weighted by atomic mass is 32.2. The maximum Gasteiger partial charge on any atom is 0.416 e. The zero-order valence-electron chi connectivity index (χ0n) is 19.8. The number of fused-ring (bicyclic) bond motifs is 1. The molecule has 2 aromatic carbocycles. The van der Waals surface area contributed by atoms with E-state index < -0.39 is 22.9 Å². The maximum absolute atomic E-state index is 13.0. The van der Waals surface area contributed by atoms with Gasteiger partial charge in [0.15, 0.2) is 5.16 Å². The first-order valence-electron chi connectivity index (χ1n) is 11.3. The molecular weight excluding hydrogens is 507 g/mol. The molecule has 0 saturated heterocycles. The van der Waals surface area contributed by atoms with Gasteiger partial charge in [0.05, 0.1) is 16.2 Å². The minimum Gasteiger partial charge on any atom is -0.325 e. The van der Waals surface area contributed by atoms with Crippen LogP contribution < -0.4 is 10.9 Å². The van der Waals surface area contributed by atoms with E-state index in [1.54, 1.807) is 6.92 Å². The molecule has 1 amide bonds. The molecule has 0 radical (unpaired) electrons. The molecule has 2 heterocycles. The summed E-state index contributed by atoms with van der Waals surface area (Å²) >= 11 is 2.42. The number of thiophene rings is 1. The van der Waals surface area contributed by atoms with Crippen LogP contribution in [0.1, 0.15) is 44.2 Å². The number of alkyl halides is 3. The smallest absolute Gasteiger partial charge is 0.325 e. The third-order valence-electron chi connectivity index (χ3n) is 5.69. The predicted molar refractivity (Wildman–Crippen MR) is 140 cm³/mol. The number of hydrogen-bond donors (Lipinski definition) is 2. The zero-order chi connectivity index (χ0) is 26.0. The van der Waals surface area contributed by atoms with E-state index in [1.165, 1.54) is 29.0 Å². The summed E-state index contributed by atoms with van der Waals surface area (Å²) in [6.07, 6.45) is -4.12. The molecule has 0 aliphatic carbocycles. The average molecular weight is 532 g/mol. The number of carbonyl (C=O) groups excluding carboxylic acids is 1. The van der Waals surface area contributed by atoms with Gasteiger partial charge in [-0.2, -0.15) is 13.2 Å². The quantitative estimate of drug-likeness (QED) is 0.194. The van der Waals surface area contributed by atoms with E-state index in [0.717, 1.165) is 35.0 Å². The number of H-pyrrole nitrogens is 1. The van der Waals surface area contributed by atoms with Crippen molar-refractivity contribution in [2.45, 2.75) is 49.7 Å². The van der Waals surface area contributed by atoms with Crippen LogP contribution in [0.3, 0.4) is 0 Å². The van der Waals surface area contributed by atoms with E-state index >= 15 is 0 Å². The number of carbonyl (C=O) groups is 1. The summed E-state index contributed by atoms with van der Waals surface area (Å²) in [6.45, 7) is 6.02. The van der Waals surface area contributed by atoms with Crippen LogP contribution in [-0.2, 0) is 11.0 Å². The van der Waals surface area contributed by atoms with Crippen molar-refractivity contribution >= 4 is 44.9 Å². The third-order valence-corrected chi connectivity index (χ3v) is 7.81. The summed E-state index contributed by atoms with van der Waals surface area (Å²) in [4.78, 5) is 33.6. The van der Waals surface area contributed by atoms with E-state index in [9.17, 15) is 22.8 Å². The molecule has 2 aromatic heterocycles. The first kappa shape index (κ1) is 26.0. The van der Waals surface area contributed by atoms with Crippen molar-refractivity contribution in [1.29, 1.82) is 0 Å². The van der Waals surface area contributed by atoms with Crippen LogP contribution in [-0.4, -0.2) is 21.1 Å². The lowest BCUT2D eigenvalue weighted by Gasteiger charge is -2.15. The van der Waals surface area contributed by atoms with Gasteiger partial charge < -0.3 is 10.3 Å². The van der Waals surface area contributed by atoms with Crippen molar-refractivity contribution < 1.29 is 18.0 Å². The van der Waals surface area contributed by atoms with Crippen molar-refractivity contribution in [1.82, 2.24) is 9.97 Å². The first-order valence-corrected chi connectivity index (χ1v) is 13.1. The van der Waals surface area contributed by atoms with Gasteiger partial charge in [0.2, 0.25) is 5.91 Å². The number of thioether (sulfide) groups is 1. The van der Waals surface area contributed by atoms with E-state index in [4.69, 9.17) is 0 Å². The van der Waals surface area contributed by atoms with Crippen LogP contribution in [0.4, 0.5) is 18.9 Å². The van der Waals surface area contributed by atoms with Gasteiger partial charge in [-0.3, -0.25) is 9.59 Å². The molecule has 0 spiro atoms. The summed E-state index contributed by atoms with van der Waals surface area (Å²) in [5.41, 5.74) is 1.83. The lowest BCUT2D eigenvalue weighted by atomic mass is 9.99. The largest absolute Gasteiger partial charge is 0.416 e. The molecule has 0 saturated carbocycles. The summed E-state index contributed by atoms with van der Waals surface area (Å²) in [6, 6.07) is 12.5. The molecule has 4 rings (SSSR count). The number of aromatic nitrogens is 2. The topological polar surface area (TPSA) is 74.8 Å². The van der Waals surface area contributed by atoms with Crippen molar-refractivity contribution in [3.63, 3.8) is 0 Å². The van der Waals surface area contributed by atoms with Crippen molar-refractivity contribution in [3.8, 4) is 11.1 Å². The molecule has 2 N–H and O–H groups in total. The summed E-state index contributed by atoms with van der Waals surface area (Å²) in [5.74, 6) is -0.0677. The molecule has 0 bridgehead atoms. The highest BCUT2D eigenvalue weighted by molar-refractivity contribution is 8.00. The lowest BCUT2D eigenvalue weighted by Crippen LogP contribution is -2.25. The second kappa shape index (κ2) is 10.5. The second-order valence-electron chi connectivity index (χ2n) is 8.56. The van der Waals surface area contributed by atoms with Crippen molar-refractivity contribution in [2.75, 3.05) is 5.32 Å². The standard InChI is InChI=1S/C26H24F3N3O2S2/c1-4-20(22(33)30-18-7-5-6-17(12-18)26(27,28)29)36-25-31-23(34)21-19(13-35-24(21)32-25)16-10-8-15(9-11-16)14(2)3/h5-14,20H,4H2,1-3H3,(H,30,33)(H,31,32,34). The Balaban J connectivity index is 1.55. The van der Waals surface area contributed by atoms with Gasteiger partial charge in [0.25, 0.3) is 5.56 Å². The Morgan fingerprint density at radius 3 is 2.53 bits per heavy atom. The van der Waals surface area contributed by atoms with Crippen LogP contribution in [0.15, 0.2) is 63.9 Å². The number of amides is 1. The molecule has 0 aliphatic rings. The molecule has 4 aromatic rings. The molecule has 36 heavy (non-hydrogen) atoms. The number of hydrogen-bond acceptors (Lipinski definition) is 5. The van der Waals surface area contributed by atoms with E-state index in [2.05, 4.69) is 29.1 Å². The van der Waals surface area contributed by atoms with E-state index in [0.29, 0.717) is 22.6 Å². The minimum absolute atomic E-state index is 0.0529. The fourth-order valence-electron chi connectivity index (χ4n) is 3.70. The number of nitrogens with one attached hydrogen (secondary N) is 2. The van der Waals surface area contributed by atoms with Gasteiger partial charge in [-0.15, -0.1) is 11.3 Å². The van der Waals surface area contributed by atoms with Crippen LogP contribution >= 0.6 is 23.1 Å². The van der Waals surface area contributed by atoms with Crippen LogP contribution in [0.2, 0.25) is 0 Å². The van der Waals surface area contributed by atoms with Crippen LogP contribution in [0, 0.1) is 0 Å². The van der Waals surface area contributed by atoms with Gasteiger partial charge in [-0.05, 0) is 41.7 Å². The molecule has 1 atom stereocenters. The Hall–Kier alpha value is -3.11. The molecular formula is C26H24F3N3O2S2. The highest BCUT2D eigenvalue weighted by Gasteiger charge is 2.30. The van der Waals surface area contributed by atoms with Gasteiger partial charge in [0, 0.05) is 16.6 Å². The van der Waals surface area contributed by atoms with Crippen molar-refractivity contribution in [2.24, 2.45) is 0 Å². The predicted octanol–water partition coefficient (Wildman–Crippen LogP) is 7.30. The summed E-state index contributed by atoms with van der Waals surface area (Å²) in [7, 11) is 0. The Kier molecular flexibility index (Phi) is 7.56. The number of aromatic amines is 1. The molecule has 5 nitrogen and oxygen atoms in total. The van der Waals surface area contributed by atoms with E-state index in [-0.39, 0.29) is 16.4 Å². The molecule has 10 heteroatoms. The fraction of sp³-hybridized carbons (Fsp3) is 0.269. The third kappa shape index (κ3) is 5.65. The molecule has 0 aliphatic heterocycles. The normalized spacial score (nSPS) is 12.8. The van der Waals surface area contributed by atoms with Crippen molar-refractivity contribution in [3.05, 3.63) is 75.4 Å². The Bertz CT molecular complexity index is 1440. The number of rotatable bonds is 7. The van der Waals surface area contributed by atoms with Gasteiger partial charge >= 0.3 is 6.18 Å². The number of anilines is 1. The van der Waals surface area contributed by atoms with Crippen LogP contribution in [0.5, 0.6) is 0 Å².